The van der Waals surface area contributed by atoms with Crippen LogP contribution in [0.25, 0.3) is 0 Å². The Hall–Kier alpha value is -1.24. The second-order valence-electron chi connectivity index (χ2n) is 4.25. The van der Waals surface area contributed by atoms with Crippen molar-refractivity contribution in [2.45, 2.75) is 20.1 Å². The molecule has 0 saturated heterocycles. The van der Waals surface area contributed by atoms with Gasteiger partial charge in [-0.15, -0.1) is 0 Å². The van der Waals surface area contributed by atoms with Crippen LogP contribution >= 0.6 is 15.9 Å². The highest BCUT2D eigenvalue weighted by molar-refractivity contribution is 9.10. The normalized spacial score (nSPS) is 14.3. The second kappa shape index (κ2) is 6.47. The summed E-state index contributed by atoms with van der Waals surface area (Å²) in [6.07, 6.45) is -0.535. The summed E-state index contributed by atoms with van der Waals surface area (Å²) in [6, 6.07) is 5.15. The zero-order valence-corrected chi connectivity index (χ0v) is 13.0. The maximum absolute atomic E-state index is 12.1. The lowest BCUT2D eigenvalue weighted by atomic mass is 10.1. The fourth-order valence-corrected chi connectivity index (χ4v) is 2.47. The number of fused-ring (bicyclic) bond motifs is 1. The lowest BCUT2D eigenvalue weighted by Crippen LogP contribution is -2.39. The van der Waals surface area contributed by atoms with Gasteiger partial charge in [0.05, 0.1) is 17.8 Å². The highest BCUT2D eigenvalue weighted by Gasteiger charge is 2.37. The van der Waals surface area contributed by atoms with E-state index in [4.69, 9.17) is 9.47 Å². The molecule has 2 rings (SSSR count). The van der Waals surface area contributed by atoms with Crippen LogP contribution in [0, 0.1) is 0 Å². The van der Waals surface area contributed by atoms with Crippen molar-refractivity contribution in [3.63, 3.8) is 0 Å². The van der Waals surface area contributed by atoms with Gasteiger partial charge in [0, 0.05) is 17.7 Å². The van der Waals surface area contributed by atoms with Gasteiger partial charge in [0.25, 0.3) is 11.7 Å². The zero-order valence-electron chi connectivity index (χ0n) is 11.4. The third-order valence-corrected chi connectivity index (χ3v) is 3.46. The van der Waals surface area contributed by atoms with Crippen LogP contribution in [0.2, 0.25) is 0 Å². The first kappa shape index (κ1) is 15.2. The number of nitrogens with zero attached hydrogens (tertiary/aromatic N) is 1. The van der Waals surface area contributed by atoms with Crippen molar-refractivity contribution in [1.82, 2.24) is 0 Å². The number of halogens is 1. The molecule has 1 amide bonds. The number of benzene rings is 1. The average molecular weight is 342 g/mol. The Balaban J connectivity index is 2.26. The van der Waals surface area contributed by atoms with Gasteiger partial charge in [-0.05, 0) is 32.0 Å². The number of ketones is 1. The molecule has 1 heterocycles. The van der Waals surface area contributed by atoms with Crippen molar-refractivity contribution in [3.05, 3.63) is 28.2 Å². The van der Waals surface area contributed by atoms with E-state index in [1.54, 1.807) is 18.2 Å². The Morgan fingerprint density at radius 3 is 2.45 bits per heavy atom. The van der Waals surface area contributed by atoms with Gasteiger partial charge in [0.15, 0.2) is 6.29 Å². The largest absolute Gasteiger partial charge is 0.351 e. The topological polar surface area (TPSA) is 55.8 Å². The van der Waals surface area contributed by atoms with Crippen LogP contribution in [0.1, 0.15) is 24.2 Å². The van der Waals surface area contributed by atoms with Gasteiger partial charge < -0.3 is 9.47 Å². The van der Waals surface area contributed by atoms with E-state index in [1.807, 2.05) is 13.8 Å². The number of carbonyl (C=O) groups excluding carboxylic acids is 2. The molecule has 0 radical (unpaired) electrons. The molecule has 5 nitrogen and oxygen atoms in total. The van der Waals surface area contributed by atoms with Crippen LogP contribution in [-0.2, 0) is 14.3 Å². The third-order valence-electron chi connectivity index (χ3n) is 2.97. The number of hydrogen-bond donors (Lipinski definition) is 0. The van der Waals surface area contributed by atoms with Gasteiger partial charge in [-0.1, -0.05) is 15.9 Å². The Morgan fingerprint density at radius 2 is 1.85 bits per heavy atom. The Labute approximate surface area is 126 Å². The summed E-state index contributed by atoms with van der Waals surface area (Å²) >= 11 is 3.35. The lowest BCUT2D eigenvalue weighted by Gasteiger charge is -2.23. The molecule has 0 saturated carbocycles. The highest BCUT2D eigenvalue weighted by Crippen LogP contribution is 2.32. The van der Waals surface area contributed by atoms with Crippen molar-refractivity contribution >= 4 is 33.3 Å². The van der Waals surface area contributed by atoms with Crippen LogP contribution < -0.4 is 4.90 Å². The predicted molar refractivity (Wildman–Crippen MR) is 77.9 cm³/mol. The molecule has 1 aromatic rings. The van der Waals surface area contributed by atoms with Gasteiger partial charge in [-0.2, -0.15) is 0 Å². The number of carbonyl (C=O) groups is 2. The summed E-state index contributed by atoms with van der Waals surface area (Å²) in [5.74, 6) is -1.03. The van der Waals surface area contributed by atoms with Crippen molar-refractivity contribution in [2.75, 3.05) is 24.7 Å². The average Bonchev–Trinajstić information content (AvgIpc) is 2.64. The number of rotatable bonds is 6. The van der Waals surface area contributed by atoms with Gasteiger partial charge in [0.1, 0.15) is 0 Å². The maximum Gasteiger partial charge on any atom is 0.299 e. The van der Waals surface area contributed by atoms with E-state index in [-0.39, 0.29) is 6.54 Å². The van der Waals surface area contributed by atoms with Crippen LogP contribution in [0.4, 0.5) is 5.69 Å². The summed E-state index contributed by atoms with van der Waals surface area (Å²) in [5.41, 5.74) is 1.02. The summed E-state index contributed by atoms with van der Waals surface area (Å²) in [5, 5.41) is 0. The van der Waals surface area contributed by atoms with E-state index in [0.717, 1.165) is 4.47 Å². The van der Waals surface area contributed by atoms with Crippen LogP contribution in [-0.4, -0.2) is 37.7 Å². The zero-order chi connectivity index (χ0) is 14.7. The maximum atomic E-state index is 12.1. The van der Waals surface area contributed by atoms with Crippen molar-refractivity contribution < 1.29 is 19.1 Å². The fourth-order valence-electron chi connectivity index (χ4n) is 2.12. The second-order valence-corrected chi connectivity index (χ2v) is 5.16. The predicted octanol–water partition coefficient (Wildman–Crippen LogP) is 2.38. The van der Waals surface area contributed by atoms with E-state index in [2.05, 4.69) is 15.9 Å². The Bertz CT molecular complexity index is 526. The highest BCUT2D eigenvalue weighted by atomic mass is 79.9. The van der Waals surface area contributed by atoms with Crippen molar-refractivity contribution in [3.8, 4) is 0 Å². The van der Waals surface area contributed by atoms with Gasteiger partial charge >= 0.3 is 0 Å². The molecule has 1 aromatic carbocycles. The van der Waals surface area contributed by atoms with Gasteiger partial charge in [-0.3, -0.25) is 14.5 Å². The molecule has 20 heavy (non-hydrogen) atoms. The number of Topliss-reactive ketones (excluding diaryl/α,β-unsaturated/α-hetero) is 1. The van der Waals surface area contributed by atoms with Crippen molar-refractivity contribution in [1.29, 1.82) is 0 Å². The number of anilines is 1. The molecule has 0 aliphatic carbocycles. The minimum absolute atomic E-state index is 0.204. The monoisotopic (exact) mass is 341 g/mol. The molecule has 6 heteroatoms. The number of ether oxygens (including phenoxy) is 2. The molecule has 0 unspecified atom stereocenters. The lowest BCUT2D eigenvalue weighted by molar-refractivity contribution is -0.134. The van der Waals surface area contributed by atoms with Gasteiger partial charge in [-0.25, -0.2) is 0 Å². The number of hydrogen-bond acceptors (Lipinski definition) is 4. The van der Waals surface area contributed by atoms with E-state index in [1.165, 1.54) is 4.90 Å². The molecule has 0 spiro atoms. The van der Waals surface area contributed by atoms with Crippen LogP contribution in [0.15, 0.2) is 22.7 Å². The smallest absolute Gasteiger partial charge is 0.299 e. The summed E-state index contributed by atoms with van der Waals surface area (Å²) in [7, 11) is 0. The summed E-state index contributed by atoms with van der Waals surface area (Å²) in [4.78, 5) is 25.4. The number of amides is 1. The standard InChI is InChI=1S/C14H16BrNO4/c1-3-19-12(20-4-2)8-16-11-7-9(15)5-6-10(11)13(17)14(16)18/h5-7,12H,3-4,8H2,1-2H3. The first-order valence-electron chi connectivity index (χ1n) is 6.47. The van der Waals surface area contributed by atoms with Gasteiger partial charge in [0.2, 0.25) is 0 Å². The first-order valence-corrected chi connectivity index (χ1v) is 7.26. The third kappa shape index (κ3) is 2.92. The molecule has 0 fully saturated rings. The molecular weight excluding hydrogens is 326 g/mol. The fraction of sp³-hybridized carbons (Fsp3) is 0.429. The van der Waals surface area contributed by atoms with Crippen molar-refractivity contribution in [2.24, 2.45) is 0 Å². The minimum Gasteiger partial charge on any atom is -0.351 e. The Morgan fingerprint density at radius 1 is 1.20 bits per heavy atom. The minimum atomic E-state index is -0.539. The summed E-state index contributed by atoms with van der Waals surface area (Å²) in [6.45, 7) is 4.87. The summed E-state index contributed by atoms with van der Waals surface area (Å²) < 4.78 is 11.7. The SMILES string of the molecule is CCOC(CN1C(=O)C(=O)c2ccc(Br)cc21)OCC. The molecule has 108 valence electrons. The van der Waals surface area contributed by atoms with Crippen LogP contribution in [0.5, 0.6) is 0 Å². The first-order chi connectivity index (χ1) is 9.58. The molecule has 1 aliphatic rings. The molecule has 0 bridgehead atoms. The Kier molecular flexibility index (Phi) is 4.91. The molecule has 1 aliphatic heterocycles. The molecular formula is C14H16BrNO4. The molecule has 0 N–H and O–H groups in total. The van der Waals surface area contributed by atoms with E-state index >= 15 is 0 Å². The van der Waals surface area contributed by atoms with E-state index < -0.39 is 18.0 Å². The quantitative estimate of drug-likeness (QED) is 0.588. The molecule has 0 aromatic heterocycles. The van der Waals surface area contributed by atoms with E-state index in [9.17, 15) is 9.59 Å². The van der Waals surface area contributed by atoms with E-state index in [0.29, 0.717) is 24.5 Å². The van der Waals surface area contributed by atoms with Crippen LogP contribution in [0.3, 0.4) is 0 Å². The molecule has 0 atom stereocenters.